The maximum atomic E-state index is 10.3. The van der Waals surface area contributed by atoms with Gasteiger partial charge in [-0.15, -0.1) is 0 Å². The lowest BCUT2D eigenvalue weighted by Crippen LogP contribution is -2.35. The number of hydrogen-bond acceptors (Lipinski definition) is 3. The Kier molecular flexibility index (Phi) is 1.58. The Morgan fingerprint density at radius 1 is 1.67 bits per heavy atom. The van der Waals surface area contributed by atoms with E-state index in [0.29, 0.717) is 6.04 Å². The molecule has 0 radical (unpaired) electrons. The molecule has 1 aliphatic heterocycles. The maximum Gasteiger partial charge on any atom is 0.287 e. The van der Waals surface area contributed by atoms with E-state index in [1.54, 1.807) is 6.07 Å². The third kappa shape index (κ3) is 1.08. The highest BCUT2D eigenvalue weighted by Gasteiger charge is 2.21. The smallest absolute Gasteiger partial charge is 0.287 e. The zero-order valence-electron chi connectivity index (χ0n) is 6.41. The topological polar surface area (TPSA) is 71.0 Å². The van der Waals surface area contributed by atoms with Crippen molar-refractivity contribution >= 4 is 5.69 Å². The molecule has 1 fully saturated rings. The number of nitro groups is 1. The minimum Gasteiger partial charge on any atom is -0.358 e. The summed E-state index contributed by atoms with van der Waals surface area (Å²) in [6.07, 6.45) is 2.48. The molecule has 0 aliphatic carbocycles. The number of aromatic amines is 1. The Hall–Kier alpha value is -1.36. The van der Waals surface area contributed by atoms with Crippen molar-refractivity contribution in [2.75, 3.05) is 6.54 Å². The first kappa shape index (κ1) is 7.30. The quantitative estimate of drug-likeness (QED) is 0.509. The third-order valence-electron chi connectivity index (χ3n) is 2.10. The van der Waals surface area contributed by atoms with E-state index in [0.717, 1.165) is 18.7 Å². The van der Waals surface area contributed by atoms with E-state index in [-0.39, 0.29) is 5.69 Å². The van der Waals surface area contributed by atoms with Gasteiger partial charge in [-0.05, 0) is 13.0 Å². The number of nitrogens with one attached hydrogen (secondary N) is 2. The Bertz CT molecular complexity index is 303. The predicted molar refractivity (Wildman–Crippen MR) is 42.8 cm³/mol. The van der Waals surface area contributed by atoms with E-state index < -0.39 is 4.92 Å². The fraction of sp³-hybridized carbons (Fsp3) is 0.429. The fourth-order valence-corrected chi connectivity index (χ4v) is 1.26. The van der Waals surface area contributed by atoms with E-state index in [1.165, 1.54) is 6.20 Å². The van der Waals surface area contributed by atoms with Gasteiger partial charge in [0.15, 0.2) is 0 Å². The molecule has 1 unspecified atom stereocenters. The van der Waals surface area contributed by atoms with Crippen LogP contribution in [0.2, 0.25) is 0 Å². The highest BCUT2D eigenvalue weighted by Crippen LogP contribution is 2.24. The number of aromatic nitrogens is 1. The van der Waals surface area contributed by atoms with Crippen LogP contribution in [0.3, 0.4) is 0 Å². The van der Waals surface area contributed by atoms with Crippen molar-refractivity contribution in [1.29, 1.82) is 0 Å². The van der Waals surface area contributed by atoms with E-state index >= 15 is 0 Å². The molecule has 5 nitrogen and oxygen atoms in total. The number of rotatable bonds is 2. The molecule has 0 bridgehead atoms. The largest absolute Gasteiger partial charge is 0.358 e. The van der Waals surface area contributed by atoms with Gasteiger partial charge in [0.05, 0.1) is 11.1 Å². The lowest BCUT2D eigenvalue weighted by atomic mass is 10.0. The molecule has 64 valence electrons. The molecule has 1 aliphatic rings. The predicted octanol–water partition coefficient (Wildman–Crippen LogP) is 0.957. The van der Waals surface area contributed by atoms with Gasteiger partial charge >= 0.3 is 0 Å². The van der Waals surface area contributed by atoms with E-state index in [2.05, 4.69) is 10.3 Å². The van der Waals surface area contributed by atoms with Gasteiger partial charge in [-0.1, -0.05) is 0 Å². The number of hydrogen-bond donors (Lipinski definition) is 2. The molecule has 12 heavy (non-hydrogen) atoms. The summed E-state index contributed by atoms with van der Waals surface area (Å²) >= 11 is 0. The molecule has 1 saturated heterocycles. The second kappa shape index (κ2) is 2.60. The average Bonchev–Trinajstić information content (AvgIpc) is 2.32. The van der Waals surface area contributed by atoms with Crippen LogP contribution in [0.5, 0.6) is 0 Å². The molecule has 2 rings (SSSR count). The van der Waals surface area contributed by atoms with Crippen LogP contribution in [0.1, 0.15) is 18.2 Å². The van der Waals surface area contributed by atoms with Crippen LogP contribution in [0.25, 0.3) is 0 Å². The summed E-state index contributed by atoms with van der Waals surface area (Å²) < 4.78 is 0. The minimum absolute atomic E-state index is 0.138. The Labute approximate surface area is 68.9 Å². The summed E-state index contributed by atoms with van der Waals surface area (Å²) in [6, 6.07) is 1.87. The van der Waals surface area contributed by atoms with Crippen LogP contribution >= 0.6 is 0 Å². The Balaban J connectivity index is 2.17. The first-order chi connectivity index (χ1) is 5.77. The zero-order chi connectivity index (χ0) is 8.55. The van der Waals surface area contributed by atoms with Crippen LogP contribution in [0, 0.1) is 10.1 Å². The summed E-state index contributed by atoms with van der Waals surface area (Å²) in [4.78, 5) is 12.8. The van der Waals surface area contributed by atoms with Gasteiger partial charge in [0.2, 0.25) is 0 Å². The third-order valence-corrected chi connectivity index (χ3v) is 2.10. The number of nitrogens with zero attached hydrogens (tertiary/aromatic N) is 1. The van der Waals surface area contributed by atoms with Gasteiger partial charge < -0.3 is 10.3 Å². The van der Waals surface area contributed by atoms with E-state index in [9.17, 15) is 10.1 Å². The average molecular weight is 167 g/mol. The normalized spacial score (nSPS) is 21.8. The zero-order valence-corrected chi connectivity index (χ0v) is 6.41. The summed E-state index contributed by atoms with van der Waals surface area (Å²) in [6.45, 7) is 0.998. The SMILES string of the molecule is O=[N+]([O-])c1c[nH]c(C2CCN2)c1. The summed E-state index contributed by atoms with van der Waals surface area (Å²) in [7, 11) is 0. The van der Waals surface area contributed by atoms with Crippen LogP contribution in [-0.4, -0.2) is 16.5 Å². The first-order valence-corrected chi connectivity index (χ1v) is 3.83. The molecule has 0 spiro atoms. The minimum atomic E-state index is -0.390. The van der Waals surface area contributed by atoms with Crippen molar-refractivity contribution in [3.05, 3.63) is 28.1 Å². The lowest BCUT2D eigenvalue weighted by molar-refractivity contribution is -0.384. The van der Waals surface area contributed by atoms with Gasteiger partial charge in [-0.2, -0.15) is 0 Å². The molecule has 2 heterocycles. The van der Waals surface area contributed by atoms with Gasteiger partial charge in [-0.25, -0.2) is 0 Å². The van der Waals surface area contributed by atoms with Crippen LogP contribution in [0.15, 0.2) is 12.3 Å². The highest BCUT2D eigenvalue weighted by molar-refractivity contribution is 5.32. The second-order valence-corrected chi connectivity index (χ2v) is 2.87. The van der Waals surface area contributed by atoms with E-state index in [4.69, 9.17) is 0 Å². The molecule has 5 heteroatoms. The van der Waals surface area contributed by atoms with Crippen LogP contribution in [0.4, 0.5) is 5.69 Å². The fourth-order valence-electron chi connectivity index (χ4n) is 1.26. The molecule has 1 aromatic heterocycles. The molecule has 0 amide bonds. The standard InChI is InChI=1S/C7H9N3O2/c11-10(12)5-3-7(9-4-5)6-1-2-8-6/h3-4,6,8-9H,1-2H2. The molecule has 1 atom stereocenters. The molecule has 2 N–H and O–H groups in total. The van der Waals surface area contributed by atoms with Gasteiger partial charge in [0.25, 0.3) is 5.69 Å². The molecular weight excluding hydrogens is 158 g/mol. The first-order valence-electron chi connectivity index (χ1n) is 3.83. The van der Waals surface area contributed by atoms with Crippen LogP contribution < -0.4 is 5.32 Å². The Morgan fingerprint density at radius 2 is 2.42 bits per heavy atom. The highest BCUT2D eigenvalue weighted by atomic mass is 16.6. The summed E-state index contributed by atoms with van der Waals surface area (Å²) in [5.74, 6) is 0. The molecule has 1 aromatic rings. The van der Waals surface area contributed by atoms with Crippen molar-refractivity contribution in [3.8, 4) is 0 Å². The van der Waals surface area contributed by atoms with Gasteiger partial charge in [-0.3, -0.25) is 10.1 Å². The lowest BCUT2D eigenvalue weighted by Gasteiger charge is -2.26. The summed E-state index contributed by atoms with van der Waals surface area (Å²) in [5, 5.41) is 13.5. The molecule has 0 aromatic carbocycles. The monoisotopic (exact) mass is 167 g/mol. The second-order valence-electron chi connectivity index (χ2n) is 2.87. The Morgan fingerprint density at radius 3 is 2.83 bits per heavy atom. The molecular formula is C7H9N3O2. The van der Waals surface area contributed by atoms with E-state index in [1.807, 2.05) is 0 Å². The van der Waals surface area contributed by atoms with Crippen molar-refractivity contribution in [2.24, 2.45) is 0 Å². The summed E-state index contributed by atoms with van der Waals surface area (Å²) in [5.41, 5.74) is 1.05. The van der Waals surface area contributed by atoms with Crippen molar-refractivity contribution in [1.82, 2.24) is 10.3 Å². The van der Waals surface area contributed by atoms with Gasteiger partial charge in [0.1, 0.15) is 0 Å². The maximum absolute atomic E-state index is 10.3. The molecule has 0 saturated carbocycles. The van der Waals surface area contributed by atoms with Crippen molar-refractivity contribution < 1.29 is 4.92 Å². The number of H-pyrrole nitrogens is 1. The van der Waals surface area contributed by atoms with Crippen LogP contribution in [-0.2, 0) is 0 Å². The van der Waals surface area contributed by atoms with Crippen molar-refractivity contribution in [3.63, 3.8) is 0 Å². The van der Waals surface area contributed by atoms with Gasteiger partial charge in [0, 0.05) is 17.8 Å². The van der Waals surface area contributed by atoms with Crippen molar-refractivity contribution in [2.45, 2.75) is 12.5 Å².